The average Bonchev–Trinajstić information content (AvgIpc) is 2.25. The Bertz CT molecular complexity index is 320. The van der Waals surface area contributed by atoms with Gasteiger partial charge in [-0.3, -0.25) is 0 Å². The van der Waals surface area contributed by atoms with Crippen LogP contribution in [-0.2, 0) is 13.9 Å². The molecule has 0 aromatic carbocycles. The number of carbonyl (C=O) groups excluding carboxylic acids is 1. The summed E-state index contributed by atoms with van der Waals surface area (Å²) in [4.78, 5) is 10.6. The summed E-state index contributed by atoms with van der Waals surface area (Å²) in [6.45, 7) is 11.7. The third-order valence-electron chi connectivity index (χ3n) is 3.05. The molecule has 5 heteroatoms. The van der Waals surface area contributed by atoms with Gasteiger partial charge in [0.05, 0.1) is 7.11 Å². The lowest BCUT2D eigenvalue weighted by Crippen LogP contribution is -2.40. The van der Waals surface area contributed by atoms with Crippen LogP contribution in [0.4, 0.5) is 4.79 Å². The molecule has 0 bridgehead atoms. The van der Waals surface area contributed by atoms with Crippen molar-refractivity contribution in [2.75, 3.05) is 20.3 Å². The Kier molecular flexibility index (Phi) is 7.03. The molecule has 4 nitrogen and oxygen atoms in total. The maximum atomic E-state index is 10.6. The van der Waals surface area contributed by atoms with Gasteiger partial charge in [-0.25, -0.2) is 4.79 Å². The van der Waals surface area contributed by atoms with E-state index in [0.717, 1.165) is 0 Å². The number of carbonyl (C=O) groups is 1. The SMILES string of the molecule is COC(=O)OCC#CCCO[Si](C)(C)C(C)(C)C. The third-order valence-corrected chi connectivity index (χ3v) is 7.59. The molecular formula is C13H24O4Si. The molecule has 0 radical (unpaired) electrons. The molecular weight excluding hydrogens is 248 g/mol. The smallest absolute Gasteiger partial charge is 0.438 e. The summed E-state index contributed by atoms with van der Waals surface area (Å²) in [5, 5.41) is 0.217. The largest absolute Gasteiger partial charge is 0.508 e. The van der Waals surface area contributed by atoms with Gasteiger partial charge in [-0.2, -0.15) is 0 Å². The van der Waals surface area contributed by atoms with Gasteiger partial charge in [0.2, 0.25) is 0 Å². The Morgan fingerprint density at radius 1 is 1.22 bits per heavy atom. The molecule has 0 unspecified atom stereocenters. The first-order valence-electron chi connectivity index (χ1n) is 6.01. The number of methoxy groups -OCH3 is 1. The van der Waals surface area contributed by atoms with Crippen LogP contribution in [0.2, 0.25) is 18.1 Å². The summed E-state index contributed by atoms with van der Waals surface area (Å²) in [6, 6.07) is 0. The van der Waals surface area contributed by atoms with Crippen LogP contribution >= 0.6 is 0 Å². The maximum Gasteiger partial charge on any atom is 0.508 e. The molecule has 0 spiro atoms. The zero-order valence-electron chi connectivity index (χ0n) is 12.3. The molecule has 0 saturated heterocycles. The van der Waals surface area contributed by atoms with Gasteiger partial charge in [-0.1, -0.05) is 32.6 Å². The second kappa shape index (κ2) is 7.44. The van der Waals surface area contributed by atoms with Crippen LogP contribution in [0.25, 0.3) is 0 Å². The Hall–Kier alpha value is -0.993. The van der Waals surface area contributed by atoms with Crippen LogP contribution in [0.1, 0.15) is 27.2 Å². The van der Waals surface area contributed by atoms with Crippen molar-refractivity contribution in [1.82, 2.24) is 0 Å². The standard InChI is InChI=1S/C13H24O4Si/c1-13(2,3)18(5,6)17-11-9-7-8-10-16-12(14)15-4/h9-11H2,1-6H3. The zero-order chi connectivity index (χ0) is 14.2. The van der Waals surface area contributed by atoms with Crippen molar-refractivity contribution in [2.45, 2.75) is 45.3 Å². The van der Waals surface area contributed by atoms with Crippen molar-refractivity contribution < 1.29 is 18.7 Å². The van der Waals surface area contributed by atoms with Crippen molar-refractivity contribution in [1.29, 1.82) is 0 Å². The highest BCUT2D eigenvalue weighted by Gasteiger charge is 2.36. The Morgan fingerprint density at radius 3 is 2.33 bits per heavy atom. The van der Waals surface area contributed by atoms with Crippen LogP contribution < -0.4 is 0 Å². The van der Waals surface area contributed by atoms with Gasteiger partial charge in [0.1, 0.15) is 0 Å². The van der Waals surface area contributed by atoms with Gasteiger partial charge in [0.15, 0.2) is 14.9 Å². The minimum atomic E-state index is -1.67. The highest BCUT2D eigenvalue weighted by Crippen LogP contribution is 2.36. The molecule has 0 fully saturated rings. The Morgan fingerprint density at radius 2 is 1.83 bits per heavy atom. The lowest BCUT2D eigenvalue weighted by Gasteiger charge is -2.35. The lowest BCUT2D eigenvalue weighted by atomic mass is 10.2. The number of hydrogen-bond acceptors (Lipinski definition) is 4. The second-order valence-electron chi connectivity index (χ2n) is 5.46. The first kappa shape index (κ1) is 17.0. The van der Waals surface area contributed by atoms with E-state index < -0.39 is 14.5 Å². The van der Waals surface area contributed by atoms with Crippen molar-refractivity contribution in [2.24, 2.45) is 0 Å². The molecule has 0 atom stereocenters. The first-order valence-corrected chi connectivity index (χ1v) is 8.92. The van der Waals surface area contributed by atoms with E-state index in [2.05, 4.69) is 55.2 Å². The molecule has 18 heavy (non-hydrogen) atoms. The van der Waals surface area contributed by atoms with Crippen LogP contribution in [-0.4, -0.2) is 34.8 Å². The average molecular weight is 272 g/mol. The fourth-order valence-electron chi connectivity index (χ4n) is 0.867. The number of hydrogen-bond donors (Lipinski definition) is 0. The van der Waals surface area contributed by atoms with E-state index in [1.54, 1.807) is 0 Å². The van der Waals surface area contributed by atoms with Crippen LogP contribution in [0.5, 0.6) is 0 Å². The van der Waals surface area contributed by atoms with Crippen molar-refractivity contribution in [3.8, 4) is 11.8 Å². The summed E-state index contributed by atoms with van der Waals surface area (Å²) in [6.07, 6.45) is -0.0568. The third kappa shape index (κ3) is 6.67. The summed E-state index contributed by atoms with van der Waals surface area (Å²) < 4.78 is 14.9. The van der Waals surface area contributed by atoms with Gasteiger partial charge in [0, 0.05) is 13.0 Å². The van der Waals surface area contributed by atoms with Crippen LogP contribution in [0.3, 0.4) is 0 Å². The van der Waals surface area contributed by atoms with Gasteiger partial charge in [0.25, 0.3) is 0 Å². The Labute approximate surface area is 111 Å². The van der Waals surface area contributed by atoms with Gasteiger partial charge >= 0.3 is 6.16 Å². The number of rotatable bonds is 4. The fraction of sp³-hybridized carbons (Fsp3) is 0.769. The van der Waals surface area contributed by atoms with E-state index in [4.69, 9.17) is 4.43 Å². The minimum absolute atomic E-state index is 0.0623. The minimum Gasteiger partial charge on any atom is -0.438 e. The predicted molar refractivity (Wildman–Crippen MR) is 73.9 cm³/mol. The summed E-state index contributed by atoms with van der Waals surface area (Å²) >= 11 is 0. The van der Waals surface area contributed by atoms with Crippen molar-refractivity contribution in [3.63, 3.8) is 0 Å². The molecule has 0 aliphatic carbocycles. The second-order valence-corrected chi connectivity index (χ2v) is 10.3. The van der Waals surface area contributed by atoms with Gasteiger partial charge < -0.3 is 13.9 Å². The van der Waals surface area contributed by atoms with Crippen LogP contribution in [0.15, 0.2) is 0 Å². The summed E-state index contributed by atoms with van der Waals surface area (Å²) in [7, 11) is -0.404. The molecule has 0 aliphatic heterocycles. The highest BCUT2D eigenvalue weighted by molar-refractivity contribution is 6.74. The van der Waals surface area contributed by atoms with Gasteiger partial charge in [-0.05, 0) is 18.1 Å². The zero-order valence-corrected chi connectivity index (χ0v) is 13.3. The molecule has 0 rings (SSSR count). The van der Waals surface area contributed by atoms with E-state index in [1.165, 1.54) is 7.11 Å². The molecule has 0 heterocycles. The summed E-state index contributed by atoms with van der Waals surface area (Å²) in [5.74, 6) is 5.64. The first-order chi connectivity index (χ1) is 8.20. The molecule has 0 N–H and O–H groups in total. The molecule has 0 saturated carbocycles. The topological polar surface area (TPSA) is 44.8 Å². The lowest BCUT2D eigenvalue weighted by molar-refractivity contribution is 0.0832. The normalized spacial score (nSPS) is 11.4. The van der Waals surface area contributed by atoms with Crippen molar-refractivity contribution in [3.05, 3.63) is 0 Å². The maximum absolute atomic E-state index is 10.6. The van der Waals surface area contributed by atoms with E-state index in [0.29, 0.717) is 13.0 Å². The van der Waals surface area contributed by atoms with E-state index >= 15 is 0 Å². The Balaban J connectivity index is 3.81. The van der Waals surface area contributed by atoms with E-state index in [1.807, 2.05) is 0 Å². The molecule has 0 aromatic heterocycles. The molecule has 0 amide bonds. The monoisotopic (exact) mass is 272 g/mol. The van der Waals surface area contributed by atoms with Gasteiger partial charge in [-0.15, -0.1) is 0 Å². The van der Waals surface area contributed by atoms with E-state index in [9.17, 15) is 4.79 Å². The predicted octanol–water partition coefficient (Wildman–Crippen LogP) is 3.18. The quantitative estimate of drug-likeness (QED) is 0.341. The highest BCUT2D eigenvalue weighted by atomic mass is 28.4. The molecule has 0 aliphatic rings. The number of ether oxygens (including phenoxy) is 2. The van der Waals surface area contributed by atoms with Crippen molar-refractivity contribution >= 4 is 14.5 Å². The molecule has 104 valence electrons. The molecule has 0 aromatic rings. The van der Waals surface area contributed by atoms with Crippen LogP contribution in [0, 0.1) is 11.8 Å². The van der Waals surface area contributed by atoms with E-state index in [-0.39, 0.29) is 11.6 Å². The summed E-state index contributed by atoms with van der Waals surface area (Å²) in [5.41, 5.74) is 0. The fourth-order valence-corrected chi connectivity index (χ4v) is 1.91.